The van der Waals surface area contributed by atoms with Gasteiger partial charge in [0, 0.05) is 11.1 Å². The SMILES string of the molecule is O=C1c2ccccc2-c2cc(Cl)c(O)cc21. The van der Waals surface area contributed by atoms with Gasteiger partial charge in [-0.1, -0.05) is 35.9 Å². The fourth-order valence-corrected chi connectivity index (χ4v) is 2.20. The number of carbonyl (C=O) groups is 1. The summed E-state index contributed by atoms with van der Waals surface area (Å²) in [5, 5.41) is 9.76. The topological polar surface area (TPSA) is 37.3 Å². The average Bonchev–Trinajstić information content (AvgIpc) is 2.55. The quantitative estimate of drug-likeness (QED) is 0.644. The van der Waals surface area contributed by atoms with Crippen molar-refractivity contribution in [1.82, 2.24) is 0 Å². The second-order valence-electron chi connectivity index (χ2n) is 3.72. The maximum absolute atomic E-state index is 12.0. The zero-order valence-corrected chi connectivity index (χ0v) is 8.95. The van der Waals surface area contributed by atoms with E-state index in [0.29, 0.717) is 11.1 Å². The van der Waals surface area contributed by atoms with Gasteiger partial charge in [0.1, 0.15) is 5.75 Å². The van der Waals surface area contributed by atoms with E-state index in [9.17, 15) is 9.90 Å². The lowest BCUT2D eigenvalue weighted by atomic mass is 10.1. The third-order valence-corrected chi connectivity index (χ3v) is 3.10. The maximum Gasteiger partial charge on any atom is 0.194 e. The van der Waals surface area contributed by atoms with Gasteiger partial charge >= 0.3 is 0 Å². The van der Waals surface area contributed by atoms with Gasteiger partial charge in [-0.3, -0.25) is 4.79 Å². The fraction of sp³-hybridized carbons (Fsp3) is 0. The van der Waals surface area contributed by atoms with E-state index in [4.69, 9.17) is 11.6 Å². The molecule has 0 amide bonds. The molecule has 0 bridgehead atoms. The highest BCUT2D eigenvalue weighted by Gasteiger charge is 2.27. The monoisotopic (exact) mass is 230 g/mol. The Kier molecular flexibility index (Phi) is 1.82. The Balaban J connectivity index is 2.38. The largest absolute Gasteiger partial charge is 0.506 e. The number of hydrogen-bond acceptors (Lipinski definition) is 2. The molecule has 0 unspecified atom stereocenters. The number of aromatic hydroxyl groups is 1. The van der Waals surface area contributed by atoms with Crippen LogP contribution in [0.5, 0.6) is 5.75 Å². The Hall–Kier alpha value is -1.80. The summed E-state index contributed by atoms with van der Waals surface area (Å²) in [6, 6.07) is 10.4. The van der Waals surface area contributed by atoms with E-state index in [2.05, 4.69) is 0 Å². The van der Waals surface area contributed by atoms with Gasteiger partial charge in [-0.2, -0.15) is 0 Å². The number of rotatable bonds is 0. The first kappa shape index (κ1) is 9.43. The Morgan fingerprint density at radius 1 is 0.938 bits per heavy atom. The standard InChI is InChI=1S/C13H7ClO2/c14-11-5-9-7-3-1-2-4-8(7)13(16)10(9)6-12(11)15/h1-6,15H. The first-order chi connectivity index (χ1) is 7.68. The lowest BCUT2D eigenvalue weighted by molar-refractivity contribution is 0.104. The number of fused-ring (bicyclic) bond motifs is 3. The van der Waals surface area contributed by atoms with Crippen LogP contribution in [0, 0.1) is 0 Å². The Morgan fingerprint density at radius 3 is 2.38 bits per heavy atom. The fourth-order valence-electron chi connectivity index (χ4n) is 2.03. The molecule has 0 atom stereocenters. The van der Waals surface area contributed by atoms with Gasteiger partial charge in [0.2, 0.25) is 0 Å². The minimum absolute atomic E-state index is 0.0541. The van der Waals surface area contributed by atoms with Crippen LogP contribution in [0.4, 0.5) is 0 Å². The highest BCUT2D eigenvalue weighted by atomic mass is 35.5. The molecule has 78 valence electrons. The van der Waals surface area contributed by atoms with E-state index in [1.807, 2.05) is 18.2 Å². The van der Waals surface area contributed by atoms with Crippen molar-refractivity contribution in [1.29, 1.82) is 0 Å². The lowest BCUT2D eigenvalue weighted by Gasteiger charge is -2.01. The molecular weight excluding hydrogens is 224 g/mol. The van der Waals surface area contributed by atoms with Crippen LogP contribution in [0.2, 0.25) is 5.02 Å². The Bertz CT molecular complexity index is 617. The molecule has 2 aromatic rings. The van der Waals surface area contributed by atoms with Crippen LogP contribution in [0.15, 0.2) is 36.4 Å². The van der Waals surface area contributed by atoms with E-state index in [1.54, 1.807) is 12.1 Å². The van der Waals surface area contributed by atoms with Gasteiger partial charge in [-0.05, 0) is 23.3 Å². The minimum Gasteiger partial charge on any atom is -0.506 e. The van der Waals surface area contributed by atoms with E-state index in [1.165, 1.54) is 6.07 Å². The van der Waals surface area contributed by atoms with Crippen LogP contribution >= 0.6 is 11.6 Å². The zero-order chi connectivity index (χ0) is 11.3. The lowest BCUT2D eigenvalue weighted by Crippen LogP contribution is -1.94. The molecule has 3 rings (SSSR count). The second-order valence-corrected chi connectivity index (χ2v) is 4.13. The zero-order valence-electron chi connectivity index (χ0n) is 8.20. The predicted octanol–water partition coefficient (Wildman–Crippen LogP) is 3.26. The number of phenolic OH excluding ortho intramolecular Hbond substituents is 1. The highest BCUT2D eigenvalue weighted by molar-refractivity contribution is 6.33. The summed E-state index contributed by atoms with van der Waals surface area (Å²) in [7, 11) is 0. The van der Waals surface area contributed by atoms with Crippen LogP contribution in [0.1, 0.15) is 15.9 Å². The molecular formula is C13H7ClO2. The van der Waals surface area contributed by atoms with Gasteiger partial charge in [-0.25, -0.2) is 0 Å². The van der Waals surface area contributed by atoms with Crippen LogP contribution < -0.4 is 0 Å². The van der Waals surface area contributed by atoms with E-state index < -0.39 is 0 Å². The van der Waals surface area contributed by atoms with Gasteiger partial charge in [-0.15, -0.1) is 0 Å². The molecule has 0 spiro atoms. The number of hydrogen-bond donors (Lipinski definition) is 1. The maximum atomic E-state index is 12.0. The molecule has 2 nitrogen and oxygen atoms in total. The first-order valence-corrected chi connectivity index (χ1v) is 5.23. The third kappa shape index (κ3) is 1.11. The van der Waals surface area contributed by atoms with E-state index in [-0.39, 0.29) is 16.6 Å². The summed E-state index contributed by atoms with van der Waals surface area (Å²) in [5.74, 6) is -0.112. The predicted molar refractivity (Wildman–Crippen MR) is 62.0 cm³/mol. The summed E-state index contributed by atoms with van der Waals surface area (Å²) in [5.41, 5.74) is 2.86. The molecule has 0 aromatic heterocycles. The molecule has 1 aliphatic rings. The van der Waals surface area contributed by atoms with Gasteiger partial charge < -0.3 is 5.11 Å². The number of phenols is 1. The van der Waals surface area contributed by atoms with E-state index in [0.717, 1.165) is 11.1 Å². The second kappa shape index (κ2) is 3.09. The molecule has 0 heterocycles. The molecule has 0 saturated heterocycles. The molecule has 0 fully saturated rings. The number of carbonyl (C=O) groups excluding carboxylic acids is 1. The molecule has 0 saturated carbocycles. The van der Waals surface area contributed by atoms with Crippen molar-refractivity contribution in [2.75, 3.05) is 0 Å². The van der Waals surface area contributed by atoms with Crippen molar-refractivity contribution >= 4 is 17.4 Å². The normalized spacial score (nSPS) is 12.4. The first-order valence-electron chi connectivity index (χ1n) is 4.85. The van der Waals surface area contributed by atoms with Crippen molar-refractivity contribution in [3.05, 3.63) is 52.5 Å². The van der Waals surface area contributed by atoms with E-state index >= 15 is 0 Å². The van der Waals surface area contributed by atoms with Crippen LogP contribution in [-0.4, -0.2) is 10.9 Å². The molecule has 16 heavy (non-hydrogen) atoms. The van der Waals surface area contributed by atoms with Crippen molar-refractivity contribution in [2.45, 2.75) is 0 Å². The van der Waals surface area contributed by atoms with Crippen LogP contribution in [-0.2, 0) is 0 Å². The number of benzene rings is 2. The third-order valence-electron chi connectivity index (χ3n) is 2.79. The van der Waals surface area contributed by atoms with Crippen molar-refractivity contribution in [3.8, 4) is 16.9 Å². The number of halogens is 1. The van der Waals surface area contributed by atoms with Crippen LogP contribution in [0.25, 0.3) is 11.1 Å². The summed E-state index contributed by atoms with van der Waals surface area (Å²) < 4.78 is 0. The van der Waals surface area contributed by atoms with Gasteiger partial charge in [0.15, 0.2) is 5.78 Å². The molecule has 3 heteroatoms. The molecule has 1 N–H and O–H groups in total. The molecule has 2 aromatic carbocycles. The molecule has 1 aliphatic carbocycles. The van der Waals surface area contributed by atoms with Crippen molar-refractivity contribution < 1.29 is 9.90 Å². The Labute approximate surface area is 97.1 Å². The molecule has 0 radical (unpaired) electrons. The minimum atomic E-state index is -0.0578. The van der Waals surface area contributed by atoms with Crippen molar-refractivity contribution in [2.24, 2.45) is 0 Å². The van der Waals surface area contributed by atoms with Gasteiger partial charge in [0.25, 0.3) is 0 Å². The summed E-state index contributed by atoms with van der Waals surface area (Å²) in [4.78, 5) is 12.0. The van der Waals surface area contributed by atoms with Gasteiger partial charge in [0.05, 0.1) is 5.02 Å². The molecule has 0 aliphatic heterocycles. The average molecular weight is 231 g/mol. The number of ketones is 1. The summed E-state index contributed by atoms with van der Waals surface area (Å²) in [6.45, 7) is 0. The van der Waals surface area contributed by atoms with Crippen LogP contribution in [0.3, 0.4) is 0 Å². The Morgan fingerprint density at radius 2 is 1.62 bits per heavy atom. The van der Waals surface area contributed by atoms with Crippen molar-refractivity contribution in [3.63, 3.8) is 0 Å². The highest BCUT2D eigenvalue weighted by Crippen LogP contribution is 2.40. The summed E-state index contributed by atoms with van der Waals surface area (Å²) in [6.07, 6.45) is 0. The smallest absolute Gasteiger partial charge is 0.194 e. The summed E-state index contributed by atoms with van der Waals surface area (Å²) >= 11 is 5.85.